The van der Waals surface area contributed by atoms with Gasteiger partial charge < -0.3 is 19.4 Å². The SMILES string of the molecule is CCOc1cc(-c2ccccc2C(=O)OC)ccc1-c1nc2[nH]cnc2c(=O)[nH]1. The number of imidazole rings is 1. The van der Waals surface area contributed by atoms with Gasteiger partial charge in [0.25, 0.3) is 5.56 Å². The number of nitrogens with one attached hydrogen (secondary N) is 2. The van der Waals surface area contributed by atoms with Crippen molar-refractivity contribution in [2.45, 2.75) is 6.92 Å². The van der Waals surface area contributed by atoms with Crippen LogP contribution < -0.4 is 10.3 Å². The zero-order chi connectivity index (χ0) is 20.4. The van der Waals surface area contributed by atoms with Crippen LogP contribution >= 0.6 is 0 Å². The molecule has 0 amide bonds. The maximum Gasteiger partial charge on any atom is 0.338 e. The minimum Gasteiger partial charge on any atom is -0.493 e. The molecule has 2 aromatic heterocycles. The number of hydrogen-bond acceptors (Lipinski definition) is 6. The number of hydrogen-bond donors (Lipinski definition) is 2. The van der Waals surface area contributed by atoms with Gasteiger partial charge >= 0.3 is 5.97 Å². The molecule has 0 fully saturated rings. The van der Waals surface area contributed by atoms with E-state index >= 15 is 0 Å². The van der Waals surface area contributed by atoms with E-state index in [1.165, 1.54) is 13.4 Å². The molecule has 0 aliphatic rings. The van der Waals surface area contributed by atoms with E-state index in [4.69, 9.17) is 9.47 Å². The first-order valence-electron chi connectivity index (χ1n) is 9.00. The zero-order valence-corrected chi connectivity index (χ0v) is 15.9. The van der Waals surface area contributed by atoms with E-state index in [2.05, 4.69) is 19.9 Å². The number of carbonyl (C=O) groups is 1. The maximum atomic E-state index is 12.3. The van der Waals surface area contributed by atoms with E-state index in [9.17, 15) is 9.59 Å². The summed E-state index contributed by atoms with van der Waals surface area (Å²) in [6.45, 7) is 2.29. The summed E-state index contributed by atoms with van der Waals surface area (Å²) in [6, 6.07) is 12.6. The van der Waals surface area contributed by atoms with Crippen LogP contribution in [-0.2, 0) is 4.74 Å². The lowest BCUT2D eigenvalue weighted by molar-refractivity contribution is 0.0601. The number of ether oxygens (including phenoxy) is 2. The topological polar surface area (TPSA) is 110 Å². The molecule has 2 aromatic carbocycles. The first kappa shape index (κ1) is 18.4. The molecule has 2 heterocycles. The first-order chi connectivity index (χ1) is 14.1. The molecule has 4 rings (SSSR count). The molecular formula is C21H18N4O4. The summed E-state index contributed by atoms with van der Waals surface area (Å²) < 4.78 is 10.7. The number of rotatable bonds is 5. The number of aromatic amines is 2. The van der Waals surface area contributed by atoms with Crippen LogP contribution in [0.1, 0.15) is 17.3 Å². The highest BCUT2D eigenvalue weighted by atomic mass is 16.5. The van der Waals surface area contributed by atoms with Crippen molar-refractivity contribution in [1.82, 2.24) is 19.9 Å². The number of nitrogens with zero attached hydrogens (tertiary/aromatic N) is 2. The fraction of sp³-hybridized carbons (Fsp3) is 0.143. The van der Waals surface area contributed by atoms with Crippen LogP contribution in [0.2, 0.25) is 0 Å². The number of methoxy groups -OCH3 is 1. The molecule has 0 unspecified atom stereocenters. The second-order valence-electron chi connectivity index (χ2n) is 6.20. The monoisotopic (exact) mass is 390 g/mol. The molecule has 0 atom stereocenters. The van der Waals surface area contributed by atoms with Crippen molar-refractivity contribution in [2.24, 2.45) is 0 Å². The second-order valence-corrected chi connectivity index (χ2v) is 6.20. The van der Waals surface area contributed by atoms with Crippen LogP contribution in [0.5, 0.6) is 5.75 Å². The number of fused-ring (bicyclic) bond motifs is 1. The van der Waals surface area contributed by atoms with Gasteiger partial charge in [-0.15, -0.1) is 0 Å². The molecule has 146 valence electrons. The average Bonchev–Trinajstić information content (AvgIpc) is 3.23. The summed E-state index contributed by atoms with van der Waals surface area (Å²) in [5, 5.41) is 0. The number of carbonyl (C=O) groups excluding carboxylic acids is 1. The lowest BCUT2D eigenvalue weighted by atomic mass is 9.98. The van der Waals surface area contributed by atoms with Gasteiger partial charge in [-0.3, -0.25) is 4.79 Å². The van der Waals surface area contributed by atoms with Gasteiger partial charge in [-0.1, -0.05) is 24.3 Å². The number of aromatic nitrogens is 4. The van der Waals surface area contributed by atoms with Crippen LogP contribution in [-0.4, -0.2) is 39.6 Å². The van der Waals surface area contributed by atoms with E-state index in [0.29, 0.717) is 35.0 Å². The summed E-state index contributed by atoms with van der Waals surface area (Å²) in [7, 11) is 1.35. The molecule has 0 radical (unpaired) electrons. The van der Waals surface area contributed by atoms with Gasteiger partial charge in [0.15, 0.2) is 11.2 Å². The van der Waals surface area contributed by atoms with Gasteiger partial charge in [-0.05, 0) is 36.2 Å². The molecular weight excluding hydrogens is 372 g/mol. The quantitative estimate of drug-likeness (QED) is 0.507. The molecule has 2 N–H and O–H groups in total. The predicted octanol–water partition coefficient (Wildman–Crippen LogP) is 3.17. The molecule has 8 heteroatoms. The Morgan fingerprint density at radius 2 is 1.97 bits per heavy atom. The summed E-state index contributed by atoms with van der Waals surface area (Å²) in [4.78, 5) is 38.4. The molecule has 0 saturated carbocycles. The van der Waals surface area contributed by atoms with Crippen LogP contribution in [0.15, 0.2) is 53.6 Å². The van der Waals surface area contributed by atoms with E-state index < -0.39 is 5.97 Å². The predicted molar refractivity (Wildman–Crippen MR) is 108 cm³/mol. The first-order valence-corrected chi connectivity index (χ1v) is 9.00. The van der Waals surface area contributed by atoms with Gasteiger partial charge in [-0.2, -0.15) is 0 Å². The summed E-state index contributed by atoms with van der Waals surface area (Å²) in [5.41, 5.74) is 2.88. The smallest absolute Gasteiger partial charge is 0.338 e. The van der Waals surface area contributed by atoms with Crippen LogP contribution in [0.4, 0.5) is 0 Å². The Bertz CT molecular complexity index is 1260. The Hall–Kier alpha value is -3.94. The minimum absolute atomic E-state index is 0.246. The Morgan fingerprint density at radius 3 is 2.76 bits per heavy atom. The molecule has 0 spiro atoms. The van der Waals surface area contributed by atoms with Crippen molar-refractivity contribution >= 4 is 17.1 Å². The van der Waals surface area contributed by atoms with Crippen molar-refractivity contribution in [1.29, 1.82) is 0 Å². The Kier molecular flexibility index (Phi) is 4.82. The Labute approximate surface area is 165 Å². The highest BCUT2D eigenvalue weighted by molar-refractivity contribution is 5.97. The van der Waals surface area contributed by atoms with Crippen LogP contribution in [0.25, 0.3) is 33.7 Å². The van der Waals surface area contributed by atoms with E-state index in [0.717, 1.165) is 11.1 Å². The summed E-state index contributed by atoms with van der Waals surface area (Å²) >= 11 is 0. The summed E-state index contributed by atoms with van der Waals surface area (Å²) in [6.07, 6.45) is 1.42. The van der Waals surface area contributed by atoms with E-state index in [1.807, 2.05) is 31.2 Å². The highest BCUT2D eigenvalue weighted by Gasteiger charge is 2.17. The molecule has 4 aromatic rings. The molecule has 8 nitrogen and oxygen atoms in total. The van der Waals surface area contributed by atoms with Gasteiger partial charge in [0.2, 0.25) is 0 Å². The van der Waals surface area contributed by atoms with Crippen molar-refractivity contribution in [3.63, 3.8) is 0 Å². The van der Waals surface area contributed by atoms with Gasteiger partial charge in [0, 0.05) is 0 Å². The van der Waals surface area contributed by atoms with Gasteiger partial charge in [0.05, 0.1) is 31.2 Å². The standard InChI is InChI=1S/C21H18N4O4/c1-3-29-16-10-12(13-6-4-5-7-14(13)21(27)28-2)8-9-15(16)18-24-19-17(20(26)25-18)22-11-23-19/h4-11H,3H2,1-2H3,(H2,22,23,24,25,26). The van der Waals surface area contributed by atoms with Crippen LogP contribution in [0.3, 0.4) is 0 Å². The lowest BCUT2D eigenvalue weighted by Crippen LogP contribution is -2.10. The van der Waals surface area contributed by atoms with E-state index in [-0.39, 0.29) is 11.1 Å². The maximum absolute atomic E-state index is 12.3. The lowest BCUT2D eigenvalue weighted by Gasteiger charge is -2.13. The minimum atomic E-state index is -0.418. The average molecular weight is 390 g/mol. The number of benzene rings is 2. The van der Waals surface area contributed by atoms with Crippen molar-refractivity contribution in [3.05, 3.63) is 64.7 Å². The molecule has 0 aliphatic carbocycles. The molecule has 0 aliphatic heterocycles. The Balaban J connectivity index is 1.86. The van der Waals surface area contributed by atoms with E-state index in [1.54, 1.807) is 18.2 Å². The third-order valence-electron chi connectivity index (χ3n) is 4.47. The number of H-pyrrole nitrogens is 2. The van der Waals surface area contributed by atoms with Gasteiger partial charge in [0.1, 0.15) is 11.6 Å². The summed E-state index contributed by atoms with van der Waals surface area (Å²) in [5.74, 6) is 0.480. The molecule has 0 bridgehead atoms. The largest absolute Gasteiger partial charge is 0.493 e. The third kappa shape index (κ3) is 3.36. The zero-order valence-electron chi connectivity index (χ0n) is 15.9. The second kappa shape index (κ2) is 7.59. The third-order valence-corrected chi connectivity index (χ3v) is 4.47. The van der Waals surface area contributed by atoms with Crippen molar-refractivity contribution in [3.8, 4) is 28.3 Å². The number of esters is 1. The van der Waals surface area contributed by atoms with Crippen molar-refractivity contribution in [2.75, 3.05) is 13.7 Å². The van der Waals surface area contributed by atoms with Crippen LogP contribution in [0, 0.1) is 0 Å². The molecule has 0 saturated heterocycles. The Morgan fingerprint density at radius 1 is 1.14 bits per heavy atom. The fourth-order valence-corrected chi connectivity index (χ4v) is 3.16. The normalized spacial score (nSPS) is 10.8. The molecule has 29 heavy (non-hydrogen) atoms. The van der Waals surface area contributed by atoms with Gasteiger partial charge in [-0.25, -0.2) is 14.8 Å². The highest BCUT2D eigenvalue weighted by Crippen LogP contribution is 2.34. The fourth-order valence-electron chi connectivity index (χ4n) is 3.16. The van der Waals surface area contributed by atoms with Crippen molar-refractivity contribution < 1.29 is 14.3 Å².